The number of nitrogens with one attached hydrogen (secondary N) is 1. The van der Waals surface area contributed by atoms with Gasteiger partial charge in [-0.3, -0.25) is 4.79 Å². The van der Waals surface area contributed by atoms with Crippen molar-refractivity contribution in [1.29, 1.82) is 0 Å². The van der Waals surface area contributed by atoms with E-state index in [1.54, 1.807) is 23.0 Å². The van der Waals surface area contributed by atoms with Crippen LogP contribution >= 0.6 is 0 Å². The van der Waals surface area contributed by atoms with Gasteiger partial charge in [0, 0.05) is 23.7 Å². The molecule has 1 amide bonds. The van der Waals surface area contributed by atoms with E-state index in [0.29, 0.717) is 16.9 Å². The zero-order valence-corrected chi connectivity index (χ0v) is 17.9. The summed E-state index contributed by atoms with van der Waals surface area (Å²) in [6.07, 6.45) is 2.82. The van der Waals surface area contributed by atoms with Gasteiger partial charge in [-0.25, -0.2) is 13.1 Å². The van der Waals surface area contributed by atoms with Gasteiger partial charge in [0.1, 0.15) is 5.69 Å². The highest BCUT2D eigenvalue weighted by Gasteiger charge is 2.19. The van der Waals surface area contributed by atoms with E-state index in [4.69, 9.17) is 0 Å². The molecule has 0 aliphatic carbocycles. The van der Waals surface area contributed by atoms with Crippen LogP contribution in [0.15, 0.2) is 90.0 Å². The molecule has 1 heterocycles. The van der Waals surface area contributed by atoms with E-state index in [2.05, 4.69) is 10.4 Å². The lowest BCUT2D eigenvalue weighted by atomic mass is 10.1. The predicted molar refractivity (Wildman–Crippen MR) is 121 cm³/mol. The molecule has 0 radical (unpaired) electrons. The van der Waals surface area contributed by atoms with Gasteiger partial charge in [-0.1, -0.05) is 54.1 Å². The van der Waals surface area contributed by atoms with Gasteiger partial charge in [0.15, 0.2) is 9.84 Å². The third-order valence-electron chi connectivity index (χ3n) is 4.82. The predicted octanol–water partition coefficient (Wildman–Crippen LogP) is 4.50. The highest BCUT2D eigenvalue weighted by molar-refractivity contribution is 7.90. The Kier molecular flexibility index (Phi) is 5.44. The van der Waals surface area contributed by atoms with Crippen LogP contribution in [-0.4, -0.2) is 30.4 Å². The first kappa shape index (κ1) is 20.6. The van der Waals surface area contributed by atoms with Crippen LogP contribution in [0.3, 0.4) is 0 Å². The minimum Gasteiger partial charge on any atom is -0.322 e. The number of carbonyl (C=O) groups excluding carboxylic acids is 1. The second kappa shape index (κ2) is 8.20. The lowest BCUT2D eigenvalue weighted by Gasteiger charge is -2.07. The quantitative estimate of drug-likeness (QED) is 0.504. The molecule has 0 saturated heterocycles. The van der Waals surface area contributed by atoms with E-state index >= 15 is 0 Å². The smallest absolute Gasteiger partial charge is 0.259 e. The number of rotatable bonds is 5. The highest BCUT2D eigenvalue weighted by atomic mass is 32.2. The third-order valence-corrected chi connectivity index (χ3v) is 5.93. The maximum atomic E-state index is 13.2. The van der Waals surface area contributed by atoms with E-state index in [1.807, 2.05) is 61.5 Å². The molecular formula is C24H21N3O3S. The molecule has 1 N–H and O–H groups in total. The monoisotopic (exact) mass is 431 g/mol. The number of amides is 1. The molecule has 0 atom stereocenters. The maximum Gasteiger partial charge on any atom is 0.259 e. The van der Waals surface area contributed by atoms with Crippen molar-refractivity contribution < 1.29 is 13.2 Å². The summed E-state index contributed by atoms with van der Waals surface area (Å²) in [5.41, 5.74) is 4.09. The van der Waals surface area contributed by atoms with Gasteiger partial charge >= 0.3 is 0 Å². The summed E-state index contributed by atoms with van der Waals surface area (Å²) < 4.78 is 25.3. The Hall–Kier alpha value is -3.71. The number of carbonyl (C=O) groups is 1. The highest BCUT2D eigenvalue weighted by Crippen LogP contribution is 2.25. The standard InChI is InChI=1S/C24H21N3O3S/c1-17-11-13-20(14-12-17)27-16-22(23(26-27)18-7-4-3-5-8-18)24(28)25-19-9-6-10-21(15-19)31(2,29)30/h3-16H,1-2H3,(H,25,28). The summed E-state index contributed by atoms with van der Waals surface area (Å²) in [5, 5.41) is 7.46. The van der Waals surface area contributed by atoms with E-state index in [-0.39, 0.29) is 10.8 Å². The van der Waals surface area contributed by atoms with Crippen LogP contribution in [0.4, 0.5) is 5.69 Å². The molecule has 0 aliphatic heterocycles. The van der Waals surface area contributed by atoms with Gasteiger partial charge in [-0.05, 0) is 37.3 Å². The number of nitrogens with zero attached hydrogens (tertiary/aromatic N) is 2. The molecule has 7 heteroatoms. The molecule has 3 aromatic carbocycles. The van der Waals surface area contributed by atoms with Crippen LogP contribution in [0.5, 0.6) is 0 Å². The number of hydrogen-bond acceptors (Lipinski definition) is 4. The molecule has 0 spiro atoms. The Bertz CT molecular complexity index is 1340. The minimum atomic E-state index is -3.38. The molecule has 6 nitrogen and oxygen atoms in total. The van der Waals surface area contributed by atoms with E-state index in [1.165, 1.54) is 12.1 Å². The molecule has 0 unspecified atom stereocenters. The average molecular weight is 432 g/mol. The maximum absolute atomic E-state index is 13.2. The van der Waals surface area contributed by atoms with Crippen molar-refractivity contribution >= 4 is 21.4 Å². The Morgan fingerprint density at radius 1 is 0.935 bits per heavy atom. The molecular weight excluding hydrogens is 410 g/mol. The summed E-state index contributed by atoms with van der Waals surface area (Å²) >= 11 is 0. The van der Waals surface area contributed by atoms with Crippen molar-refractivity contribution in [3.05, 3.63) is 96.2 Å². The molecule has 0 saturated carbocycles. The van der Waals surface area contributed by atoms with Crippen LogP contribution in [-0.2, 0) is 9.84 Å². The van der Waals surface area contributed by atoms with Crippen LogP contribution < -0.4 is 5.32 Å². The van der Waals surface area contributed by atoms with Gasteiger partial charge in [0.05, 0.1) is 16.1 Å². The Balaban J connectivity index is 1.74. The van der Waals surface area contributed by atoms with Crippen LogP contribution in [0, 0.1) is 6.92 Å². The fraction of sp³-hybridized carbons (Fsp3) is 0.0833. The number of aryl methyl sites for hydroxylation is 1. The minimum absolute atomic E-state index is 0.143. The van der Waals surface area contributed by atoms with Crippen molar-refractivity contribution in [3.63, 3.8) is 0 Å². The molecule has 0 aliphatic rings. The first-order valence-electron chi connectivity index (χ1n) is 9.65. The molecule has 4 rings (SSSR count). The molecule has 1 aromatic heterocycles. The molecule has 156 valence electrons. The van der Waals surface area contributed by atoms with Gasteiger partial charge < -0.3 is 5.32 Å². The Labute approximate surface area is 181 Å². The third kappa shape index (κ3) is 4.57. The lowest BCUT2D eigenvalue weighted by molar-refractivity contribution is 0.102. The normalized spacial score (nSPS) is 11.3. The number of anilines is 1. The van der Waals surface area contributed by atoms with Crippen LogP contribution in [0.1, 0.15) is 15.9 Å². The zero-order chi connectivity index (χ0) is 22.0. The first-order valence-corrected chi connectivity index (χ1v) is 11.5. The SMILES string of the molecule is Cc1ccc(-n2cc(C(=O)Nc3cccc(S(C)(=O)=O)c3)c(-c3ccccc3)n2)cc1. The van der Waals surface area contributed by atoms with E-state index in [9.17, 15) is 13.2 Å². The van der Waals surface area contributed by atoms with Crippen LogP contribution in [0.25, 0.3) is 16.9 Å². The van der Waals surface area contributed by atoms with Crippen molar-refractivity contribution in [3.8, 4) is 16.9 Å². The van der Waals surface area contributed by atoms with E-state index < -0.39 is 9.84 Å². The Morgan fingerprint density at radius 3 is 2.32 bits per heavy atom. The topological polar surface area (TPSA) is 81.1 Å². The fourth-order valence-corrected chi connectivity index (χ4v) is 3.85. The largest absolute Gasteiger partial charge is 0.322 e. The molecule has 4 aromatic rings. The van der Waals surface area contributed by atoms with Crippen molar-refractivity contribution in [2.24, 2.45) is 0 Å². The van der Waals surface area contributed by atoms with Crippen LogP contribution in [0.2, 0.25) is 0 Å². The number of benzene rings is 3. The summed E-state index contributed by atoms with van der Waals surface area (Å²) in [6, 6.07) is 23.5. The Morgan fingerprint density at radius 2 is 1.65 bits per heavy atom. The van der Waals surface area contributed by atoms with Gasteiger partial charge in [0.25, 0.3) is 5.91 Å². The summed E-state index contributed by atoms with van der Waals surface area (Å²) in [7, 11) is -3.38. The summed E-state index contributed by atoms with van der Waals surface area (Å²) in [5.74, 6) is -0.372. The summed E-state index contributed by atoms with van der Waals surface area (Å²) in [4.78, 5) is 13.3. The van der Waals surface area contributed by atoms with Crippen molar-refractivity contribution in [2.45, 2.75) is 11.8 Å². The van der Waals surface area contributed by atoms with Gasteiger partial charge in [0.2, 0.25) is 0 Å². The van der Waals surface area contributed by atoms with Gasteiger partial charge in [-0.15, -0.1) is 0 Å². The number of aromatic nitrogens is 2. The number of sulfone groups is 1. The second-order valence-electron chi connectivity index (χ2n) is 7.29. The fourth-order valence-electron chi connectivity index (χ4n) is 3.18. The van der Waals surface area contributed by atoms with Crippen molar-refractivity contribution in [2.75, 3.05) is 11.6 Å². The van der Waals surface area contributed by atoms with Gasteiger partial charge in [-0.2, -0.15) is 5.10 Å². The van der Waals surface area contributed by atoms with Crippen molar-refractivity contribution in [1.82, 2.24) is 9.78 Å². The molecule has 31 heavy (non-hydrogen) atoms. The van der Waals surface area contributed by atoms with E-state index in [0.717, 1.165) is 23.1 Å². The first-order chi connectivity index (χ1) is 14.8. The molecule has 0 bridgehead atoms. The number of hydrogen-bond donors (Lipinski definition) is 1. The molecule has 0 fully saturated rings. The summed E-state index contributed by atoms with van der Waals surface area (Å²) in [6.45, 7) is 2.01. The lowest BCUT2D eigenvalue weighted by Crippen LogP contribution is -2.12. The average Bonchev–Trinajstić information content (AvgIpc) is 3.20. The second-order valence-corrected chi connectivity index (χ2v) is 9.31. The zero-order valence-electron chi connectivity index (χ0n) is 17.1.